The van der Waals surface area contributed by atoms with Crippen LogP contribution in [0.5, 0.6) is 0 Å². The standard InChI is InChI=1S/C18H18N4O/c1-2-21(18(23)13-6-7-13)15-5-3-4-14(12-15)16-8-10-19-17-9-11-20-22(16)17/h3-5,8-13H,2,6-7H2,1H3. The summed E-state index contributed by atoms with van der Waals surface area (Å²) in [5.41, 5.74) is 3.76. The molecule has 2 heterocycles. The minimum absolute atomic E-state index is 0.220. The van der Waals surface area contributed by atoms with Gasteiger partial charge in [0.25, 0.3) is 0 Å². The van der Waals surface area contributed by atoms with Gasteiger partial charge in [-0.05, 0) is 38.0 Å². The molecule has 4 rings (SSSR count). The monoisotopic (exact) mass is 306 g/mol. The van der Waals surface area contributed by atoms with Gasteiger partial charge in [0.05, 0.1) is 11.9 Å². The summed E-state index contributed by atoms with van der Waals surface area (Å²) in [5.74, 6) is 0.459. The average molecular weight is 306 g/mol. The Morgan fingerprint density at radius 1 is 1.26 bits per heavy atom. The van der Waals surface area contributed by atoms with Crippen LogP contribution >= 0.6 is 0 Å². The van der Waals surface area contributed by atoms with Gasteiger partial charge in [0.2, 0.25) is 5.91 Å². The Balaban J connectivity index is 1.76. The average Bonchev–Trinajstić information content (AvgIpc) is 3.32. The lowest BCUT2D eigenvalue weighted by Crippen LogP contribution is -2.31. The summed E-state index contributed by atoms with van der Waals surface area (Å²) in [5, 5.41) is 4.34. The number of amides is 1. The van der Waals surface area contributed by atoms with Crippen LogP contribution < -0.4 is 4.90 Å². The van der Waals surface area contributed by atoms with Crippen LogP contribution in [0.2, 0.25) is 0 Å². The predicted octanol–water partition coefficient (Wildman–Crippen LogP) is 3.16. The Morgan fingerprint density at radius 2 is 2.13 bits per heavy atom. The van der Waals surface area contributed by atoms with Crippen molar-refractivity contribution in [1.82, 2.24) is 14.6 Å². The van der Waals surface area contributed by atoms with E-state index >= 15 is 0 Å². The molecule has 1 aliphatic carbocycles. The van der Waals surface area contributed by atoms with E-state index in [-0.39, 0.29) is 11.8 Å². The van der Waals surface area contributed by atoms with Crippen LogP contribution in [-0.2, 0) is 4.79 Å². The van der Waals surface area contributed by atoms with Crippen LogP contribution in [0.15, 0.2) is 48.8 Å². The van der Waals surface area contributed by atoms with Gasteiger partial charge in [0, 0.05) is 36.0 Å². The van der Waals surface area contributed by atoms with E-state index in [4.69, 9.17) is 0 Å². The quantitative estimate of drug-likeness (QED) is 0.744. The third-order valence-electron chi connectivity index (χ3n) is 4.25. The number of nitrogens with zero attached hydrogens (tertiary/aromatic N) is 4. The normalized spacial score (nSPS) is 14.1. The maximum absolute atomic E-state index is 12.5. The van der Waals surface area contributed by atoms with Crippen LogP contribution in [0.25, 0.3) is 16.9 Å². The fraction of sp³-hybridized carbons (Fsp3) is 0.278. The summed E-state index contributed by atoms with van der Waals surface area (Å²) < 4.78 is 1.82. The molecule has 1 amide bonds. The van der Waals surface area contributed by atoms with Crippen molar-refractivity contribution in [2.24, 2.45) is 5.92 Å². The summed E-state index contributed by atoms with van der Waals surface area (Å²) in [6.45, 7) is 2.71. The third kappa shape index (κ3) is 2.48. The molecule has 5 nitrogen and oxygen atoms in total. The fourth-order valence-electron chi connectivity index (χ4n) is 2.90. The van der Waals surface area contributed by atoms with E-state index in [9.17, 15) is 4.79 Å². The van der Waals surface area contributed by atoms with Crippen LogP contribution in [0, 0.1) is 5.92 Å². The smallest absolute Gasteiger partial charge is 0.230 e. The van der Waals surface area contributed by atoms with E-state index in [1.807, 2.05) is 46.7 Å². The maximum atomic E-state index is 12.5. The van der Waals surface area contributed by atoms with Crippen molar-refractivity contribution in [1.29, 1.82) is 0 Å². The van der Waals surface area contributed by atoms with E-state index in [0.717, 1.165) is 35.4 Å². The van der Waals surface area contributed by atoms with E-state index in [2.05, 4.69) is 16.1 Å². The summed E-state index contributed by atoms with van der Waals surface area (Å²) in [4.78, 5) is 18.6. The number of hydrogen-bond acceptors (Lipinski definition) is 3. The maximum Gasteiger partial charge on any atom is 0.230 e. The highest BCUT2D eigenvalue weighted by atomic mass is 16.2. The van der Waals surface area contributed by atoms with Crippen molar-refractivity contribution in [3.63, 3.8) is 0 Å². The number of hydrogen-bond donors (Lipinski definition) is 0. The highest BCUT2D eigenvalue weighted by Crippen LogP contribution is 2.33. The van der Waals surface area contributed by atoms with Crippen molar-refractivity contribution in [2.45, 2.75) is 19.8 Å². The SMILES string of the molecule is CCN(C(=O)C1CC1)c1cccc(-c2ccnc3ccnn23)c1. The molecule has 1 aromatic carbocycles. The second-order valence-electron chi connectivity index (χ2n) is 5.84. The van der Waals surface area contributed by atoms with E-state index in [0.29, 0.717) is 6.54 Å². The van der Waals surface area contributed by atoms with Crippen LogP contribution in [0.1, 0.15) is 19.8 Å². The highest BCUT2D eigenvalue weighted by Gasteiger charge is 2.33. The molecule has 5 heteroatoms. The summed E-state index contributed by atoms with van der Waals surface area (Å²) >= 11 is 0. The number of carbonyl (C=O) groups excluding carboxylic acids is 1. The zero-order valence-electron chi connectivity index (χ0n) is 13.0. The van der Waals surface area contributed by atoms with Gasteiger partial charge in [0.1, 0.15) is 0 Å². The minimum Gasteiger partial charge on any atom is -0.312 e. The van der Waals surface area contributed by atoms with Crippen molar-refractivity contribution in [3.05, 3.63) is 48.8 Å². The molecule has 1 saturated carbocycles. The van der Waals surface area contributed by atoms with Crippen molar-refractivity contribution < 1.29 is 4.79 Å². The molecule has 0 aliphatic heterocycles. The van der Waals surface area contributed by atoms with Gasteiger partial charge >= 0.3 is 0 Å². The topological polar surface area (TPSA) is 50.5 Å². The molecule has 0 radical (unpaired) electrons. The highest BCUT2D eigenvalue weighted by molar-refractivity contribution is 5.96. The first-order chi connectivity index (χ1) is 11.3. The molecule has 0 unspecified atom stereocenters. The number of anilines is 1. The molecule has 0 spiro atoms. The Labute approximate surface area is 134 Å². The van der Waals surface area contributed by atoms with E-state index in [1.54, 1.807) is 12.4 Å². The van der Waals surface area contributed by atoms with Gasteiger partial charge in [-0.1, -0.05) is 12.1 Å². The predicted molar refractivity (Wildman–Crippen MR) is 89.2 cm³/mol. The Hall–Kier alpha value is -2.69. The van der Waals surface area contributed by atoms with Gasteiger partial charge < -0.3 is 4.90 Å². The largest absolute Gasteiger partial charge is 0.312 e. The fourth-order valence-corrected chi connectivity index (χ4v) is 2.90. The van der Waals surface area contributed by atoms with Crippen molar-refractivity contribution in [3.8, 4) is 11.3 Å². The number of rotatable bonds is 4. The number of benzene rings is 1. The van der Waals surface area contributed by atoms with Crippen molar-refractivity contribution >= 4 is 17.2 Å². The molecule has 0 saturated heterocycles. The Bertz CT molecular complexity index is 866. The number of carbonyl (C=O) groups is 1. The molecule has 3 aromatic rings. The van der Waals surface area contributed by atoms with Crippen LogP contribution in [-0.4, -0.2) is 27.0 Å². The molecule has 23 heavy (non-hydrogen) atoms. The molecule has 1 aliphatic rings. The molecule has 2 aromatic heterocycles. The molecular formula is C18H18N4O. The lowest BCUT2D eigenvalue weighted by molar-refractivity contribution is -0.119. The second-order valence-corrected chi connectivity index (χ2v) is 5.84. The summed E-state index contributed by atoms with van der Waals surface area (Å²) in [6, 6.07) is 11.9. The molecule has 116 valence electrons. The summed E-state index contributed by atoms with van der Waals surface area (Å²) in [7, 11) is 0. The third-order valence-corrected chi connectivity index (χ3v) is 4.25. The number of aromatic nitrogens is 3. The second kappa shape index (κ2) is 5.50. The van der Waals surface area contributed by atoms with Crippen LogP contribution in [0.3, 0.4) is 0 Å². The van der Waals surface area contributed by atoms with Gasteiger partial charge in [-0.2, -0.15) is 5.10 Å². The molecule has 0 atom stereocenters. The van der Waals surface area contributed by atoms with Gasteiger partial charge in [-0.25, -0.2) is 9.50 Å². The lowest BCUT2D eigenvalue weighted by atomic mass is 10.1. The minimum atomic E-state index is 0.220. The number of fused-ring (bicyclic) bond motifs is 1. The van der Waals surface area contributed by atoms with Gasteiger partial charge in [0.15, 0.2) is 5.65 Å². The first kappa shape index (κ1) is 13.9. The first-order valence-corrected chi connectivity index (χ1v) is 7.98. The molecule has 0 N–H and O–H groups in total. The Morgan fingerprint density at radius 3 is 2.91 bits per heavy atom. The molecule has 1 fully saturated rings. The molecular weight excluding hydrogens is 288 g/mol. The van der Waals surface area contributed by atoms with Gasteiger partial charge in [-0.3, -0.25) is 4.79 Å². The van der Waals surface area contributed by atoms with E-state index in [1.165, 1.54) is 0 Å². The van der Waals surface area contributed by atoms with Crippen LogP contribution in [0.4, 0.5) is 5.69 Å². The van der Waals surface area contributed by atoms with Crippen molar-refractivity contribution in [2.75, 3.05) is 11.4 Å². The zero-order chi connectivity index (χ0) is 15.8. The zero-order valence-corrected chi connectivity index (χ0v) is 13.0. The molecule has 0 bridgehead atoms. The van der Waals surface area contributed by atoms with Gasteiger partial charge in [-0.15, -0.1) is 0 Å². The Kier molecular flexibility index (Phi) is 3.33. The van der Waals surface area contributed by atoms with E-state index < -0.39 is 0 Å². The first-order valence-electron chi connectivity index (χ1n) is 7.98. The lowest BCUT2D eigenvalue weighted by Gasteiger charge is -2.21. The summed E-state index contributed by atoms with van der Waals surface area (Å²) in [6.07, 6.45) is 5.57.